The standard InChI is InChI=1S/C21H23BrN2O3S/c1-3-27-16-8-6-14(22)11-13(16)5-9-18(25)24-21-19(20(23)26)15-7-4-12(2)10-17(15)28-21/h5-6,8-9,11-12H,3-4,7,10H2,1-2H3,(H2,23,26)(H,24,25). The molecule has 1 unspecified atom stereocenters. The molecule has 1 aliphatic rings. The number of thiophene rings is 1. The molecule has 1 aromatic carbocycles. The van der Waals surface area contributed by atoms with Crippen LogP contribution in [0.25, 0.3) is 6.08 Å². The van der Waals surface area contributed by atoms with E-state index in [0.29, 0.717) is 28.8 Å². The molecule has 1 atom stereocenters. The predicted molar refractivity (Wildman–Crippen MR) is 117 cm³/mol. The average molecular weight is 463 g/mol. The van der Waals surface area contributed by atoms with E-state index in [1.165, 1.54) is 17.4 Å². The third kappa shape index (κ3) is 4.64. The fraction of sp³-hybridized carbons (Fsp3) is 0.333. The maximum atomic E-state index is 12.5. The van der Waals surface area contributed by atoms with Crippen LogP contribution in [0.5, 0.6) is 5.75 Å². The molecule has 0 radical (unpaired) electrons. The van der Waals surface area contributed by atoms with Crippen molar-refractivity contribution in [1.29, 1.82) is 0 Å². The molecule has 5 nitrogen and oxygen atoms in total. The highest BCUT2D eigenvalue weighted by Crippen LogP contribution is 2.39. The van der Waals surface area contributed by atoms with Crippen molar-refractivity contribution in [1.82, 2.24) is 0 Å². The number of carbonyl (C=O) groups excluding carboxylic acids is 2. The van der Waals surface area contributed by atoms with E-state index < -0.39 is 5.91 Å². The van der Waals surface area contributed by atoms with Gasteiger partial charge in [-0.05, 0) is 61.9 Å². The number of halogens is 1. The number of hydrogen-bond acceptors (Lipinski definition) is 4. The van der Waals surface area contributed by atoms with Crippen LogP contribution in [-0.2, 0) is 17.6 Å². The van der Waals surface area contributed by atoms with E-state index in [0.717, 1.165) is 39.7 Å². The SMILES string of the molecule is CCOc1ccc(Br)cc1C=CC(=O)Nc1sc2c(c1C(N)=O)CCC(C)C2. The van der Waals surface area contributed by atoms with Gasteiger partial charge in [0.1, 0.15) is 10.8 Å². The molecule has 2 aromatic rings. The summed E-state index contributed by atoms with van der Waals surface area (Å²) in [6.07, 6.45) is 5.91. The second kappa shape index (κ2) is 8.92. The number of benzene rings is 1. The first kappa shape index (κ1) is 20.6. The number of amides is 2. The number of primary amides is 1. The average Bonchev–Trinajstić information content (AvgIpc) is 2.98. The molecule has 0 bridgehead atoms. The van der Waals surface area contributed by atoms with Gasteiger partial charge in [0.15, 0.2) is 0 Å². The van der Waals surface area contributed by atoms with Crippen LogP contribution in [-0.4, -0.2) is 18.4 Å². The molecule has 0 spiro atoms. The molecule has 1 aliphatic carbocycles. The third-order valence-electron chi connectivity index (χ3n) is 4.68. The topological polar surface area (TPSA) is 81.4 Å². The summed E-state index contributed by atoms with van der Waals surface area (Å²) in [6.45, 7) is 4.64. The van der Waals surface area contributed by atoms with Crippen molar-refractivity contribution in [2.75, 3.05) is 11.9 Å². The van der Waals surface area contributed by atoms with Crippen LogP contribution in [0.2, 0.25) is 0 Å². The summed E-state index contributed by atoms with van der Waals surface area (Å²) in [6, 6.07) is 5.62. The van der Waals surface area contributed by atoms with E-state index >= 15 is 0 Å². The van der Waals surface area contributed by atoms with Crippen LogP contribution in [0.3, 0.4) is 0 Å². The summed E-state index contributed by atoms with van der Waals surface area (Å²) in [4.78, 5) is 25.6. The lowest BCUT2D eigenvalue weighted by Crippen LogP contribution is -2.18. The van der Waals surface area contributed by atoms with Crippen LogP contribution < -0.4 is 15.8 Å². The van der Waals surface area contributed by atoms with Crippen molar-refractivity contribution in [3.8, 4) is 5.75 Å². The van der Waals surface area contributed by atoms with E-state index in [-0.39, 0.29) is 5.91 Å². The van der Waals surface area contributed by atoms with Crippen molar-refractivity contribution < 1.29 is 14.3 Å². The number of carbonyl (C=O) groups is 2. The number of nitrogens with two attached hydrogens (primary N) is 1. The van der Waals surface area contributed by atoms with Gasteiger partial charge in [0.2, 0.25) is 5.91 Å². The molecular weight excluding hydrogens is 440 g/mol. The molecule has 148 valence electrons. The van der Waals surface area contributed by atoms with E-state index in [2.05, 4.69) is 28.2 Å². The van der Waals surface area contributed by atoms with E-state index in [1.54, 1.807) is 6.08 Å². The summed E-state index contributed by atoms with van der Waals surface area (Å²) >= 11 is 4.89. The Hall–Kier alpha value is -2.12. The number of ether oxygens (including phenoxy) is 1. The third-order valence-corrected chi connectivity index (χ3v) is 6.34. The molecule has 3 rings (SSSR count). The molecule has 2 amide bonds. The van der Waals surface area contributed by atoms with Crippen molar-refractivity contribution >= 4 is 50.2 Å². The smallest absolute Gasteiger partial charge is 0.251 e. The summed E-state index contributed by atoms with van der Waals surface area (Å²) < 4.78 is 6.49. The second-order valence-corrected chi connectivity index (χ2v) is 8.88. The summed E-state index contributed by atoms with van der Waals surface area (Å²) in [5.74, 6) is 0.477. The normalized spacial score (nSPS) is 16.0. The highest BCUT2D eigenvalue weighted by atomic mass is 79.9. The first-order valence-electron chi connectivity index (χ1n) is 9.24. The van der Waals surface area contributed by atoms with Gasteiger partial charge in [0.05, 0.1) is 12.2 Å². The highest BCUT2D eigenvalue weighted by molar-refractivity contribution is 9.10. The quantitative estimate of drug-likeness (QED) is 0.605. The summed E-state index contributed by atoms with van der Waals surface area (Å²) in [5, 5.41) is 3.38. The van der Waals surface area contributed by atoms with Gasteiger partial charge in [-0.25, -0.2) is 0 Å². The Labute approximate surface area is 177 Å². The van der Waals surface area contributed by atoms with Crippen molar-refractivity contribution in [2.24, 2.45) is 11.7 Å². The molecule has 0 fully saturated rings. The molecule has 28 heavy (non-hydrogen) atoms. The molecule has 0 saturated carbocycles. The molecule has 0 saturated heterocycles. The molecule has 3 N–H and O–H groups in total. The zero-order valence-corrected chi connectivity index (χ0v) is 18.3. The number of fused-ring (bicyclic) bond motifs is 1. The minimum Gasteiger partial charge on any atom is -0.493 e. The molecule has 1 heterocycles. The van der Waals surface area contributed by atoms with Crippen LogP contribution in [0, 0.1) is 5.92 Å². The Morgan fingerprint density at radius 1 is 1.43 bits per heavy atom. The van der Waals surface area contributed by atoms with E-state index in [4.69, 9.17) is 10.5 Å². The van der Waals surface area contributed by atoms with Gasteiger partial charge in [-0.3, -0.25) is 9.59 Å². The van der Waals surface area contributed by atoms with Crippen molar-refractivity contribution in [2.45, 2.75) is 33.1 Å². The fourth-order valence-electron chi connectivity index (χ4n) is 3.36. The Balaban J connectivity index is 1.82. The fourth-order valence-corrected chi connectivity index (χ4v) is 5.15. The Morgan fingerprint density at radius 3 is 2.93 bits per heavy atom. The first-order chi connectivity index (χ1) is 13.4. The van der Waals surface area contributed by atoms with Crippen LogP contribution in [0.15, 0.2) is 28.7 Å². The van der Waals surface area contributed by atoms with Gasteiger partial charge in [-0.15, -0.1) is 11.3 Å². The largest absolute Gasteiger partial charge is 0.493 e. The molecule has 7 heteroatoms. The maximum absolute atomic E-state index is 12.5. The van der Waals surface area contributed by atoms with Crippen molar-refractivity contribution in [3.63, 3.8) is 0 Å². The number of anilines is 1. The second-order valence-electron chi connectivity index (χ2n) is 6.86. The minimum absolute atomic E-state index is 0.309. The van der Waals surface area contributed by atoms with Crippen molar-refractivity contribution in [3.05, 3.63) is 50.3 Å². The Kier molecular flexibility index (Phi) is 6.57. The zero-order chi connectivity index (χ0) is 20.3. The summed E-state index contributed by atoms with van der Waals surface area (Å²) in [7, 11) is 0. The molecular formula is C21H23BrN2O3S. The van der Waals surface area contributed by atoms with Gasteiger partial charge in [0, 0.05) is 21.0 Å². The monoisotopic (exact) mass is 462 g/mol. The van der Waals surface area contributed by atoms with Gasteiger partial charge < -0.3 is 15.8 Å². The Morgan fingerprint density at radius 2 is 2.21 bits per heavy atom. The predicted octanol–water partition coefficient (Wildman–Crippen LogP) is 4.78. The van der Waals surface area contributed by atoms with Crippen LogP contribution in [0.1, 0.15) is 46.6 Å². The van der Waals surface area contributed by atoms with Gasteiger partial charge in [0.25, 0.3) is 5.91 Å². The number of hydrogen-bond donors (Lipinski definition) is 2. The van der Waals surface area contributed by atoms with Crippen LogP contribution >= 0.6 is 27.3 Å². The van der Waals surface area contributed by atoms with Gasteiger partial charge in [-0.2, -0.15) is 0 Å². The lowest BCUT2D eigenvalue weighted by Gasteiger charge is -2.18. The number of rotatable bonds is 6. The van der Waals surface area contributed by atoms with Gasteiger partial charge in [-0.1, -0.05) is 22.9 Å². The van der Waals surface area contributed by atoms with Crippen LogP contribution in [0.4, 0.5) is 5.00 Å². The van der Waals surface area contributed by atoms with Gasteiger partial charge >= 0.3 is 0 Å². The minimum atomic E-state index is -0.489. The highest BCUT2D eigenvalue weighted by Gasteiger charge is 2.26. The number of nitrogens with one attached hydrogen (secondary N) is 1. The van der Waals surface area contributed by atoms with E-state index in [9.17, 15) is 9.59 Å². The van der Waals surface area contributed by atoms with E-state index in [1.807, 2.05) is 25.1 Å². The molecule has 0 aliphatic heterocycles. The molecule has 1 aromatic heterocycles. The lowest BCUT2D eigenvalue weighted by atomic mass is 9.88. The Bertz CT molecular complexity index is 936. The lowest BCUT2D eigenvalue weighted by molar-refractivity contribution is -0.111. The maximum Gasteiger partial charge on any atom is 0.251 e. The first-order valence-corrected chi connectivity index (χ1v) is 10.9. The zero-order valence-electron chi connectivity index (χ0n) is 15.9. The summed E-state index contributed by atoms with van der Waals surface area (Å²) in [5.41, 5.74) is 7.86.